The van der Waals surface area contributed by atoms with Gasteiger partial charge in [-0.15, -0.1) is 0 Å². The van der Waals surface area contributed by atoms with Crippen LogP contribution in [0.15, 0.2) is 48.5 Å². The van der Waals surface area contributed by atoms with Crippen LogP contribution >= 0.6 is 0 Å². The second kappa shape index (κ2) is 9.20. The molecule has 1 heterocycles. The van der Waals surface area contributed by atoms with E-state index in [0.717, 1.165) is 18.4 Å². The molecule has 1 aliphatic heterocycles. The lowest BCUT2D eigenvalue weighted by Gasteiger charge is -2.23. The normalized spacial score (nSPS) is 18.7. The average Bonchev–Trinajstić information content (AvgIpc) is 3.38. The van der Waals surface area contributed by atoms with Gasteiger partial charge in [-0.1, -0.05) is 36.4 Å². The van der Waals surface area contributed by atoms with Gasteiger partial charge in [-0.3, -0.25) is 9.59 Å². The number of rotatable bonds is 9. The standard InChI is InChI=1S/C24H27NO5/c1-2-28-24(27)20-14-19(20)15-25(11-10-17-6-4-3-5-7-17)23(26)13-18-8-9-21-22(12-18)30-16-29-21/h3-9,12,19-20H,2,10-11,13-16H2,1H3/t19-,20-/m1/s1. The number of ether oxygens (including phenoxy) is 3. The fourth-order valence-electron chi connectivity index (χ4n) is 3.83. The van der Waals surface area contributed by atoms with Crippen molar-refractivity contribution in [3.05, 3.63) is 59.7 Å². The first kappa shape index (κ1) is 20.3. The van der Waals surface area contributed by atoms with E-state index in [4.69, 9.17) is 14.2 Å². The zero-order chi connectivity index (χ0) is 20.9. The van der Waals surface area contributed by atoms with Gasteiger partial charge in [0.2, 0.25) is 12.7 Å². The Labute approximate surface area is 176 Å². The summed E-state index contributed by atoms with van der Waals surface area (Å²) in [5, 5.41) is 0. The molecule has 2 atom stereocenters. The van der Waals surface area contributed by atoms with Gasteiger partial charge in [0.15, 0.2) is 11.5 Å². The Hall–Kier alpha value is -3.02. The van der Waals surface area contributed by atoms with Gasteiger partial charge in [0.1, 0.15) is 0 Å². The number of carbonyl (C=O) groups is 2. The first-order chi connectivity index (χ1) is 14.6. The van der Waals surface area contributed by atoms with Gasteiger partial charge in [-0.2, -0.15) is 0 Å². The lowest BCUT2D eigenvalue weighted by Crippen LogP contribution is -2.36. The highest BCUT2D eigenvalue weighted by atomic mass is 16.7. The average molecular weight is 409 g/mol. The van der Waals surface area contributed by atoms with Gasteiger partial charge in [-0.05, 0) is 48.9 Å². The second-order valence-corrected chi connectivity index (χ2v) is 7.79. The molecule has 0 radical (unpaired) electrons. The molecule has 0 N–H and O–H groups in total. The van der Waals surface area contributed by atoms with Crippen LogP contribution in [0.2, 0.25) is 0 Å². The van der Waals surface area contributed by atoms with Crippen LogP contribution in [0.3, 0.4) is 0 Å². The smallest absolute Gasteiger partial charge is 0.309 e. The molecule has 158 valence electrons. The Morgan fingerprint density at radius 3 is 2.67 bits per heavy atom. The van der Waals surface area contributed by atoms with Crippen molar-refractivity contribution in [2.45, 2.75) is 26.2 Å². The Bertz CT molecular complexity index is 898. The van der Waals surface area contributed by atoms with E-state index in [1.807, 2.05) is 48.2 Å². The van der Waals surface area contributed by atoms with Crippen molar-refractivity contribution in [3.8, 4) is 11.5 Å². The van der Waals surface area contributed by atoms with E-state index in [1.54, 1.807) is 0 Å². The van der Waals surface area contributed by atoms with Gasteiger partial charge in [0.25, 0.3) is 0 Å². The number of hydrogen-bond donors (Lipinski definition) is 0. The van der Waals surface area contributed by atoms with Gasteiger partial charge < -0.3 is 19.1 Å². The summed E-state index contributed by atoms with van der Waals surface area (Å²) in [4.78, 5) is 27.0. The summed E-state index contributed by atoms with van der Waals surface area (Å²) in [6.45, 7) is 3.63. The second-order valence-electron chi connectivity index (χ2n) is 7.79. The van der Waals surface area contributed by atoms with Crippen LogP contribution in [0.5, 0.6) is 11.5 Å². The molecule has 0 bridgehead atoms. The van der Waals surface area contributed by atoms with E-state index in [9.17, 15) is 9.59 Å². The van der Waals surface area contributed by atoms with Crippen molar-refractivity contribution in [3.63, 3.8) is 0 Å². The highest BCUT2D eigenvalue weighted by molar-refractivity contribution is 5.80. The number of esters is 1. The van der Waals surface area contributed by atoms with E-state index < -0.39 is 0 Å². The highest BCUT2D eigenvalue weighted by Gasteiger charge is 2.45. The Kier molecular flexibility index (Phi) is 6.21. The number of amides is 1. The third-order valence-corrected chi connectivity index (χ3v) is 5.63. The number of benzene rings is 2. The van der Waals surface area contributed by atoms with Crippen LogP contribution in [0.4, 0.5) is 0 Å². The van der Waals surface area contributed by atoms with E-state index in [-0.39, 0.29) is 30.5 Å². The fourth-order valence-corrected chi connectivity index (χ4v) is 3.83. The SMILES string of the molecule is CCOC(=O)[C@@H]1C[C@@H]1CN(CCc1ccccc1)C(=O)Cc1ccc2c(c1)OCO2. The monoisotopic (exact) mass is 409 g/mol. The molecule has 1 saturated carbocycles. The molecule has 6 nitrogen and oxygen atoms in total. The Morgan fingerprint density at radius 1 is 1.07 bits per heavy atom. The fraction of sp³-hybridized carbons (Fsp3) is 0.417. The third-order valence-electron chi connectivity index (χ3n) is 5.63. The van der Waals surface area contributed by atoms with Gasteiger partial charge >= 0.3 is 5.97 Å². The molecule has 0 aromatic heterocycles. The molecule has 1 amide bonds. The molecule has 0 unspecified atom stereocenters. The minimum atomic E-state index is -0.145. The molecule has 1 fully saturated rings. The maximum absolute atomic E-state index is 13.1. The molecule has 6 heteroatoms. The largest absolute Gasteiger partial charge is 0.466 e. The van der Waals surface area contributed by atoms with E-state index in [2.05, 4.69) is 12.1 Å². The van der Waals surface area contributed by atoms with Gasteiger partial charge in [-0.25, -0.2) is 0 Å². The lowest BCUT2D eigenvalue weighted by atomic mass is 10.1. The first-order valence-electron chi connectivity index (χ1n) is 10.5. The number of carbonyl (C=O) groups excluding carboxylic acids is 2. The Morgan fingerprint density at radius 2 is 1.87 bits per heavy atom. The lowest BCUT2D eigenvalue weighted by molar-refractivity contribution is -0.145. The minimum absolute atomic E-state index is 0.0549. The van der Waals surface area contributed by atoms with Crippen molar-refractivity contribution >= 4 is 11.9 Å². The molecular formula is C24H27NO5. The summed E-state index contributed by atoms with van der Waals surface area (Å²) in [7, 11) is 0. The van der Waals surface area contributed by atoms with Crippen LogP contribution in [0.1, 0.15) is 24.5 Å². The van der Waals surface area contributed by atoms with E-state index in [0.29, 0.717) is 37.6 Å². The molecular weight excluding hydrogens is 382 g/mol. The molecule has 0 spiro atoms. The zero-order valence-corrected chi connectivity index (χ0v) is 17.2. The van der Waals surface area contributed by atoms with Crippen LogP contribution < -0.4 is 9.47 Å². The van der Waals surface area contributed by atoms with Crippen molar-refractivity contribution in [2.24, 2.45) is 11.8 Å². The van der Waals surface area contributed by atoms with Crippen LogP contribution in [-0.4, -0.2) is 43.3 Å². The summed E-state index contributed by atoms with van der Waals surface area (Å²) in [5.41, 5.74) is 2.09. The summed E-state index contributed by atoms with van der Waals surface area (Å²) >= 11 is 0. The van der Waals surface area contributed by atoms with E-state index in [1.165, 1.54) is 5.56 Å². The van der Waals surface area contributed by atoms with Gasteiger partial charge in [0.05, 0.1) is 18.9 Å². The van der Waals surface area contributed by atoms with E-state index >= 15 is 0 Å². The molecule has 0 saturated heterocycles. The quantitative estimate of drug-likeness (QED) is 0.595. The molecule has 30 heavy (non-hydrogen) atoms. The predicted molar refractivity (Wildman–Crippen MR) is 111 cm³/mol. The molecule has 1 aliphatic carbocycles. The summed E-state index contributed by atoms with van der Waals surface area (Å²) in [6, 6.07) is 15.8. The predicted octanol–water partition coefficient (Wildman–Crippen LogP) is 3.23. The molecule has 4 rings (SSSR count). The van der Waals surface area contributed by atoms with Crippen molar-refractivity contribution in [1.82, 2.24) is 4.90 Å². The number of nitrogens with zero attached hydrogens (tertiary/aromatic N) is 1. The molecule has 2 aliphatic rings. The first-order valence-corrected chi connectivity index (χ1v) is 10.5. The number of fused-ring (bicyclic) bond motifs is 1. The van der Waals surface area contributed by atoms with Crippen LogP contribution in [0.25, 0.3) is 0 Å². The molecule has 2 aromatic carbocycles. The summed E-state index contributed by atoms with van der Waals surface area (Å²) in [5.74, 6) is 1.40. The third kappa shape index (κ3) is 4.93. The van der Waals surface area contributed by atoms with Crippen molar-refractivity contribution < 1.29 is 23.8 Å². The summed E-state index contributed by atoms with van der Waals surface area (Å²) in [6.07, 6.45) is 1.87. The maximum atomic E-state index is 13.1. The van der Waals surface area contributed by atoms with Crippen molar-refractivity contribution in [1.29, 1.82) is 0 Å². The minimum Gasteiger partial charge on any atom is -0.466 e. The zero-order valence-electron chi connectivity index (χ0n) is 17.2. The maximum Gasteiger partial charge on any atom is 0.309 e. The molecule has 2 aromatic rings. The highest BCUT2D eigenvalue weighted by Crippen LogP contribution is 2.40. The van der Waals surface area contributed by atoms with Crippen LogP contribution in [-0.2, 0) is 27.2 Å². The van der Waals surface area contributed by atoms with Crippen molar-refractivity contribution in [2.75, 3.05) is 26.5 Å². The van der Waals surface area contributed by atoms with Gasteiger partial charge in [0, 0.05) is 13.1 Å². The topological polar surface area (TPSA) is 65.1 Å². The number of hydrogen-bond acceptors (Lipinski definition) is 5. The van der Waals surface area contributed by atoms with Crippen LogP contribution in [0, 0.1) is 11.8 Å². The summed E-state index contributed by atoms with van der Waals surface area (Å²) < 4.78 is 15.9. The Balaban J connectivity index is 1.40.